The van der Waals surface area contributed by atoms with E-state index in [4.69, 9.17) is 5.73 Å². The number of hydrogen-bond donors (Lipinski definition) is 1. The first-order chi connectivity index (χ1) is 7.93. The molecule has 0 radical (unpaired) electrons. The van der Waals surface area contributed by atoms with E-state index in [2.05, 4.69) is 50.9 Å². The van der Waals surface area contributed by atoms with Crippen LogP contribution in [-0.2, 0) is 12.0 Å². The Morgan fingerprint density at radius 1 is 1.24 bits per heavy atom. The van der Waals surface area contributed by atoms with E-state index >= 15 is 0 Å². The summed E-state index contributed by atoms with van der Waals surface area (Å²) in [7, 11) is 0. The van der Waals surface area contributed by atoms with Crippen molar-refractivity contribution in [2.45, 2.75) is 39.7 Å². The lowest BCUT2D eigenvalue weighted by molar-refractivity contribution is 0.587. The second kappa shape index (κ2) is 4.11. The summed E-state index contributed by atoms with van der Waals surface area (Å²) < 4.78 is 0. The summed E-state index contributed by atoms with van der Waals surface area (Å²) in [5.74, 6) is 0. The number of aromatic nitrogens is 1. The summed E-state index contributed by atoms with van der Waals surface area (Å²) in [5, 5.41) is 1.23. The van der Waals surface area contributed by atoms with Crippen molar-refractivity contribution >= 4 is 10.9 Å². The lowest BCUT2D eigenvalue weighted by Crippen LogP contribution is -2.17. The molecule has 0 amide bonds. The second-order valence-electron chi connectivity index (χ2n) is 5.63. The molecule has 0 bridgehead atoms. The molecular formula is C15H20N2. The number of fused-ring (bicyclic) bond motifs is 1. The molecular weight excluding hydrogens is 208 g/mol. The van der Waals surface area contributed by atoms with Crippen LogP contribution in [0.1, 0.15) is 37.5 Å². The summed E-state index contributed by atoms with van der Waals surface area (Å²) in [6.45, 7) is 9.31. The molecule has 1 heterocycles. The molecule has 0 spiro atoms. The molecule has 0 unspecified atom stereocenters. The quantitative estimate of drug-likeness (QED) is 0.813. The van der Waals surface area contributed by atoms with Crippen LogP contribution in [0.3, 0.4) is 0 Å². The highest BCUT2D eigenvalue weighted by molar-refractivity contribution is 5.84. The van der Waals surface area contributed by atoms with Gasteiger partial charge in [-0.2, -0.15) is 0 Å². The molecule has 2 N–H and O–H groups in total. The van der Waals surface area contributed by atoms with Gasteiger partial charge in [-0.1, -0.05) is 32.9 Å². The Bertz CT molecular complexity index is 551. The van der Waals surface area contributed by atoms with Gasteiger partial charge in [0, 0.05) is 18.1 Å². The summed E-state index contributed by atoms with van der Waals surface area (Å²) >= 11 is 0. The highest BCUT2D eigenvalue weighted by atomic mass is 14.7. The van der Waals surface area contributed by atoms with Crippen molar-refractivity contribution in [2.75, 3.05) is 0 Å². The number of aryl methyl sites for hydroxylation is 1. The number of benzene rings is 1. The van der Waals surface area contributed by atoms with E-state index in [0.717, 1.165) is 11.1 Å². The van der Waals surface area contributed by atoms with Crippen LogP contribution < -0.4 is 5.73 Å². The zero-order valence-corrected chi connectivity index (χ0v) is 11.0. The monoisotopic (exact) mass is 228 g/mol. The Hall–Kier alpha value is -1.41. The van der Waals surface area contributed by atoms with E-state index in [1.54, 1.807) is 0 Å². The fraction of sp³-hybridized carbons (Fsp3) is 0.400. The van der Waals surface area contributed by atoms with Crippen molar-refractivity contribution in [1.82, 2.24) is 4.98 Å². The lowest BCUT2D eigenvalue weighted by Gasteiger charge is -2.24. The fourth-order valence-electron chi connectivity index (χ4n) is 2.39. The van der Waals surface area contributed by atoms with Crippen LogP contribution in [0.15, 0.2) is 24.4 Å². The van der Waals surface area contributed by atoms with Crippen LogP contribution in [-0.4, -0.2) is 4.98 Å². The predicted octanol–water partition coefficient (Wildman–Crippen LogP) is 3.30. The Labute approximate surface area is 103 Å². The summed E-state index contributed by atoms with van der Waals surface area (Å²) in [5.41, 5.74) is 10.7. The molecule has 2 nitrogen and oxygen atoms in total. The smallest absolute Gasteiger partial charge is 0.0707 e. The third-order valence-corrected chi connectivity index (χ3v) is 3.07. The Kier molecular flexibility index (Phi) is 2.92. The topological polar surface area (TPSA) is 38.9 Å². The maximum atomic E-state index is 5.83. The minimum atomic E-state index is 0.0884. The van der Waals surface area contributed by atoms with Gasteiger partial charge in [-0.3, -0.25) is 4.98 Å². The molecule has 17 heavy (non-hydrogen) atoms. The van der Waals surface area contributed by atoms with Gasteiger partial charge in [0.2, 0.25) is 0 Å². The van der Waals surface area contributed by atoms with Gasteiger partial charge in [-0.05, 0) is 35.1 Å². The van der Waals surface area contributed by atoms with Gasteiger partial charge in [0.15, 0.2) is 0 Å². The van der Waals surface area contributed by atoms with Gasteiger partial charge in [-0.15, -0.1) is 0 Å². The molecule has 0 saturated heterocycles. The third-order valence-electron chi connectivity index (χ3n) is 3.07. The van der Waals surface area contributed by atoms with Gasteiger partial charge in [-0.25, -0.2) is 0 Å². The van der Waals surface area contributed by atoms with E-state index in [-0.39, 0.29) is 5.41 Å². The van der Waals surface area contributed by atoms with Gasteiger partial charge < -0.3 is 5.73 Å². The fourth-order valence-corrected chi connectivity index (χ4v) is 2.39. The normalized spacial score (nSPS) is 12.1. The molecule has 2 rings (SSSR count). The summed E-state index contributed by atoms with van der Waals surface area (Å²) in [4.78, 5) is 4.51. The van der Waals surface area contributed by atoms with Crippen LogP contribution in [0, 0.1) is 6.92 Å². The molecule has 2 aromatic rings. The number of rotatable bonds is 1. The first-order valence-corrected chi connectivity index (χ1v) is 6.02. The van der Waals surface area contributed by atoms with Gasteiger partial charge in [0.05, 0.1) is 5.52 Å². The number of hydrogen-bond acceptors (Lipinski definition) is 2. The number of nitrogens with zero attached hydrogens (tertiary/aromatic N) is 1. The molecule has 1 aromatic heterocycles. The SMILES string of the molecule is Cc1ccc2c(C(C)(C)C)c(CN)cnc2c1. The molecule has 90 valence electrons. The minimum Gasteiger partial charge on any atom is -0.326 e. The Morgan fingerprint density at radius 3 is 2.53 bits per heavy atom. The van der Waals surface area contributed by atoms with E-state index in [1.807, 2.05) is 6.20 Å². The standard InChI is InChI=1S/C15H20N2/c1-10-5-6-12-13(7-10)17-9-11(8-16)14(12)15(2,3)4/h5-7,9H,8,16H2,1-4H3. The molecule has 1 aromatic carbocycles. The average Bonchev–Trinajstić information content (AvgIpc) is 2.25. The zero-order valence-electron chi connectivity index (χ0n) is 11.0. The van der Waals surface area contributed by atoms with Gasteiger partial charge >= 0.3 is 0 Å². The molecule has 0 aliphatic rings. The average molecular weight is 228 g/mol. The Balaban J connectivity index is 2.84. The minimum absolute atomic E-state index is 0.0884. The third kappa shape index (κ3) is 2.18. The lowest BCUT2D eigenvalue weighted by atomic mass is 9.82. The number of nitrogens with two attached hydrogens (primary N) is 1. The summed E-state index contributed by atoms with van der Waals surface area (Å²) in [6.07, 6.45) is 1.92. The maximum absolute atomic E-state index is 5.83. The first-order valence-electron chi connectivity index (χ1n) is 6.02. The zero-order chi connectivity index (χ0) is 12.6. The van der Waals surface area contributed by atoms with E-state index in [1.165, 1.54) is 16.5 Å². The van der Waals surface area contributed by atoms with Crippen LogP contribution >= 0.6 is 0 Å². The van der Waals surface area contributed by atoms with Crippen molar-refractivity contribution in [3.05, 3.63) is 41.1 Å². The molecule has 0 fully saturated rings. The molecule has 0 aliphatic heterocycles. The van der Waals surface area contributed by atoms with Crippen LogP contribution in [0.25, 0.3) is 10.9 Å². The predicted molar refractivity (Wildman–Crippen MR) is 73.1 cm³/mol. The molecule has 0 saturated carbocycles. The van der Waals surface area contributed by atoms with E-state index < -0.39 is 0 Å². The second-order valence-corrected chi connectivity index (χ2v) is 5.63. The maximum Gasteiger partial charge on any atom is 0.0707 e. The van der Waals surface area contributed by atoms with Crippen LogP contribution in [0.2, 0.25) is 0 Å². The van der Waals surface area contributed by atoms with Crippen molar-refractivity contribution in [3.63, 3.8) is 0 Å². The highest BCUT2D eigenvalue weighted by Crippen LogP contribution is 2.32. The summed E-state index contributed by atoms with van der Waals surface area (Å²) in [6, 6.07) is 6.43. The molecule has 0 aliphatic carbocycles. The van der Waals surface area contributed by atoms with E-state index in [0.29, 0.717) is 6.54 Å². The largest absolute Gasteiger partial charge is 0.326 e. The first kappa shape index (κ1) is 12.1. The van der Waals surface area contributed by atoms with Gasteiger partial charge in [0.1, 0.15) is 0 Å². The van der Waals surface area contributed by atoms with Gasteiger partial charge in [0.25, 0.3) is 0 Å². The highest BCUT2D eigenvalue weighted by Gasteiger charge is 2.20. The molecule has 2 heteroatoms. The van der Waals surface area contributed by atoms with Crippen molar-refractivity contribution in [1.29, 1.82) is 0 Å². The molecule has 0 atom stereocenters. The van der Waals surface area contributed by atoms with Crippen molar-refractivity contribution in [3.8, 4) is 0 Å². The number of pyridine rings is 1. The van der Waals surface area contributed by atoms with Crippen molar-refractivity contribution in [2.24, 2.45) is 5.73 Å². The van der Waals surface area contributed by atoms with Crippen molar-refractivity contribution < 1.29 is 0 Å². The Morgan fingerprint density at radius 2 is 1.94 bits per heavy atom. The van der Waals surface area contributed by atoms with Crippen LogP contribution in [0.4, 0.5) is 0 Å². The van der Waals surface area contributed by atoms with E-state index in [9.17, 15) is 0 Å². The van der Waals surface area contributed by atoms with Crippen LogP contribution in [0.5, 0.6) is 0 Å².